The standard InChI is InChI=1S/C11H12F3N5O/c1-2-7-5-15-17-10(7)16-9(20)6-19-4-3-8(18-19)11(12,13)14/h3-5H,2,6H2,1H3,(H2,15,16,17,20). The monoisotopic (exact) mass is 287 g/mol. The lowest BCUT2D eigenvalue weighted by Crippen LogP contribution is -2.20. The first-order chi connectivity index (χ1) is 9.40. The summed E-state index contributed by atoms with van der Waals surface area (Å²) in [5, 5.41) is 12.2. The van der Waals surface area contributed by atoms with Gasteiger partial charge in [-0.2, -0.15) is 23.4 Å². The quantitative estimate of drug-likeness (QED) is 0.900. The second kappa shape index (κ2) is 5.35. The first kappa shape index (κ1) is 14.1. The Kier molecular flexibility index (Phi) is 3.77. The fourth-order valence-corrected chi connectivity index (χ4v) is 1.61. The van der Waals surface area contributed by atoms with Gasteiger partial charge in [0.1, 0.15) is 12.4 Å². The highest BCUT2D eigenvalue weighted by atomic mass is 19.4. The number of aryl methyl sites for hydroxylation is 1. The molecule has 2 aromatic rings. The Morgan fingerprint density at radius 1 is 1.50 bits per heavy atom. The minimum atomic E-state index is -4.51. The zero-order valence-corrected chi connectivity index (χ0v) is 10.5. The SMILES string of the molecule is CCc1cn[nH]c1NC(=O)Cn1ccc(C(F)(F)F)n1. The van der Waals surface area contributed by atoms with E-state index >= 15 is 0 Å². The van der Waals surface area contributed by atoms with Gasteiger partial charge in [-0.25, -0.2) is 0 Å². The third-order valence-corrected chi connectivity index (χ3v) is 2.60. The van der Waals surface area contributed by atoms with Crippen LogP contribution in [0.5, 0.6) is 0 Å². The number of aromatic nitrogens is 4. The van der Waals surface area contributed by atoms with Gasteiger partial charge in [-0.15, -0.1) is 0 Å². The predicted octanol–water partition coefficient (Wildman–Crippen LogP) is 1.83. The van der Waals surface area contributed by atoms with E-state index < -0.39 is 17.8 Å². The van der Waals surface area contributed by atoms with E-state index in [1.54, 1.807) is 6.20 Å². The number of halogens is 3. The molecule has 0 fully saturated rings. The molecular weight excluding hydrogens is 275 g/mol. The molecule has 108 valence electrons. The van der Waals surface area contributed by atoms with Crippen molar-refractivity contribution >= 4 is 11.7 Å². The lowest BCUT2D eigenvalue weighted by atomic mass is 10.2. The molecule has 0 aliphatic carbocycles. The smallest absolute Gasteiger partial charge is 0.309 e. The van der Waals surface area contributed by atoms with E-state index in [0.29, 0.717) is 12.2 Å². The summed E-state index contributed by atoms with van der Waals surface area (Å²) in [4.78, 5) is 11.7. The number of alkyl halides is 3. The van der Waals surface area contributed by atoms with Crippen LogP contribution in [0.15, 0.2) is 18.5 Å². The molecule has 2 rings (SSSR count). The minimum Gasteiger partial charge on any atom is -0.309 e. The average Bonchev–Trinajstić information content (AvgIpc) is 2.97. The number of aromatic amines is 1. The van der Waals surface area contributed by atoms with Crippen LogP contribution in [-0.2, 0) is 23.9 Å². The van der Waals surface area contributed by atoms with E-state index in [2.05, 4.69) is 20.6 Å². The van der Waals surface area contributed by atoms with Crippen molar-refractivity contribution in [1.29, 1.82) is 0 Å². The van der Waals surface area contributed by atoms with E-state index in [1.165, 1.54) is 0 Å². The van der Waals surface area contributed by atoms with Gasteiger partial charge in [0.15, 0.2) is 5.69 Å². The van der Waals surface area contributed by atoms with Crippen molar-refractivity contribution in [3.63, 3.8) is 0 Å². The molecule has 0 saturated carbocycles. The summed E-state index contributed by atoms with van der Waals surface area (Å²) in [5.74, 6) is -0.0403. The second-order valence-electron chi connectivity index (χ2n) is 4.07. The maximum Gasteiger partial charge on any atom is 0.435 e. The predicted molar refractivity (Wildman–Crippen MR) is 63.8 cm³/mol. The van der Waals surface area contributed by atoms with Gasteiger partial charge < -0.3 is 5.32 Å². The first-order valence-corrected chi connectivity index (χ1v) is 5.83. The van der Waals surface area contributed by atoms with Crippen molar-refractivity contribution in [2.75, 3.05) is 5.32 Å². The zero-order chi connectivity index (χ0) is 14.8. The minimum absolute atomic E-state index is 0.307. The normalized spacial score (nSPS) is 11.6. The van der Waals surface area contributed by atoms with Crippen molar-refractivity contribution in [3.05, 3.63) is 29.7 Å². The molecular formula is C11H12F3N5O. The van der Waals surface area contributed by atoms with E-state index in [-0.39, 0.29) is 6.54 Å². The van der Waals surface area contributed by atoms with Crippen LogP contribution < -0.4 is 5.32 Å². The van der Waals surface area contributed by atoms with Crippen molar-refractivity contribution in [1.82, 2.24) is 20.0 Å². The molecule has 0 aliphatic rings. The van der Waals surface area contributed by atoms with Gasteiger partial charge in [-0.05, 0) is 12.5 Å². The number of nitrogens with zero attached hydrogens (tertiary/aromatic N) is 3. The number of nitrogens with one attached hydrogen (secondary N) is 2. The highest BCUT2D eigenvalue weighted by molar-refractivity contribution is 5.90. The average molecular weight is 287 g/mol. The van der Waals surface area contributed by atoms with E-state index in [9.17, 15) is 18.0 Å². The molecule has 0 aliphatic heterocycles. The highest BCUT2D eigenvalue weighted by Gasteiger charge is 2.33. The molecule has 2 heterocycles. The Bertz CT molecular complexity index is 601. The van der Waals surface area contributed by atoms with E-state index in [1.807, 2.05) is 6.92 Å². The molecule has 0 saturated heterocycles. The number of carbonyl (C=O) groups is 1. The largest absolute Gasteiger partial charge is 0.435 e. The summed E-state index contributed by atoms with van der Waals surface area (Å²) >= 11 is 0. The molecule has 1 amide bonds. The fraction of sp³-hybridized carbons (Fsp3) is 0.364. The molecule has 0 radical (unpaired) electrons. The van der Waals surface area contributed by atoms with Crippen LogP contribution in [0.25, 0.3) is 0 Å². The summed E-state index contributed by atoms with van der Waals surface area (Å²) < 4.78 is 38.0. The van der Waals surface area contributed by atoms with Crippen molar-refractivity contribution < 1.29 is 18.0 Å². The molecule has 0 atom stereocenters. The Balaban J connectivity index is 2.00. The topological polar surface area (TPSA) is 75.6 Å². The number of carbonyl (C=O) groups excluding carboxylic acids is 1. The molecule has 0 unspecified atom stereocenters. The number of amides is 1. The molecule has 6 nitrogen and oxygen atoms in total. The van der Waals surface area contributed by atoms with Crippen LogP contribution >= 0.6 is 0 Å². The van der Waals surface area contributed by atoms with Crippen molar-refractivity contribution in [2.45, 2.75) is 26.1 Å². The molecule has 20 heavy (non-hydrogen) atoms. The molecule has 9 heteroatoms. The van der Waals surface area contributed by atoms with Gasteiger partial charge in [0.25, 0.3) is 0 Å². The van der Waals surface area contributed by atoms with Gasteiger partial charge in [-0.3, -0.25) is 14.6 Å². The van der Waals surface area contributed by atoms with Crippen molar-refractivity contribution in [3.8, 4) is 0 Å². The fourth-order valence-electron chi connectivity index (χ4n) is 1.61. The number of H-pyrrole nitrogens is 1. The number of rotatable bonds is 4. The highest BCUT2D eigenvalue weighted by Crippen LogP contribution is 2.27. The second-order valence-corrected chi connectivity index (χ2v) is 4.07. The van der Waals surface area contributed by atoms with Crippen LogP contribution in [-0.4, -0.2) is 25.9 Å². The van der Waals surface area contributed by atoms with Crippen molar-refractivity contribution in [2.24, 2.45) is 0 Å². The Labute approximate surface area is 112 Å². The lowest BCUT2D eigenvalue weighted by Gasteiger charge is -2.05. The summed E-state index contributed by atoms with van der Waals surface area (Å²) in [6.45, 7) is 1.59. The van der Waals surface area contributed by atoms with Gasteiger partial charge in [0.05, 0.1) is 6.20 Å². The number of hydrogen-bond acceptors (Lipinski definition) is 3. The number of hydrogen-bond donors (Lipinski definition) is 2. The molecule has 0 bridgehead atoms. The molecule has 2 aromatic heterocycles. The van der Waals surface area contributed by atoms with E-state index in [0.717, 1.165) is 22.5 Å². The van der Waals surface area contributed by atoms with Crippen LogP contribution in [0.3, 0.4) is 0 Å². The first-order valence-electron chi connectivity index (χ1n) is 5.83. The van der Waals surface area contributed by atoms with Gasteiger partial charge >= 0.3 is 6.18 Å². The van der Waals surface area contributed by atoms with Gasteiger partial charge in [-0.1, -0.05) is 6.92 Å². The van der Waals surface area contributed by atoms with Crippen LogP contribution in [0.4, 0.5) is 19.0 Å². The van der Waals surface area contributed by atoms with Crippen LogP contribution in [0.2, 0.25) is 0 Å². The molecule has 0 aromatic carbocycles. The Morgan fingerprint density at radius 2 is 2.25 bits per heavy atom. The maximum atomic E-state index is 12.4. The third kappa shape index (κ3) is 3.16. The zero-order valence-electron chi connectivity index (χ0n) is 10.5. The Hall–Kier alpha value is -2.32. The van der Waals surface area contributed by atoms with Crippen LogP contribution in [0, 0.1) is 0 Å². The van der Waals surface area contributed by atoms with Crippen LogP contribution in [0.1, 0.15) is 18.2 Å². The molecule has 2 N–H and O–H groups in total. The third-order valence-electron chi connectivity index (χ3n) is 2.60. The Morgan fingerprint density at radius 3 is 2.85 bits per heavy atom. The maximum absolute atomic E-state index is 12.4. The summed E-state index contributed by atoms with van der Waals surface area (Å²) in [7, 11) is 0. The summed E-state index contributed by atoms with van der Waals surface area (Å²) in [6.07, 6.45) is -1.16. The van der Waals surface area contributed by atoms with Gasteiger partial charge in [0, 0.05) is 11.8 Å². The summed E-state index contributed by atoms with van der Waals surface area (Å²) in [5.41, 5.74) is -0.212. The number of anilines is 1. The summed E-state index contributed by atoms with van der Waals surface area (Å²) in [6, 6.07) is 0.820. The lowest BCUT2D eigenvalue weighted by molar-refractivity contribution is -0.141. The molecule has 0 spiro atoms. The van der Waals surface area contributed by atoms with Gasteiger partial charge in [0.2, 0.25) is 5.91 Å². The van der Waals surface area contributed by atoms with E-state index in [4.69, 9.17) is 0 Å².